The van der Waals surface area contributed by atoms with Crippen molar-refractivity contribution in [3.63, 3.8) is 0 Å². The molecular weight excluding hydrogens is 405 g/mol. The van der Waals surface area contributed by atoms with Crippen LogP contribution in [0.3, 0.4) is 0 Å². The van der Waals surface area contributed by atoms with Crippen LogP contribution in [-0.4, -0.2) is 31.0 Å². The van der Waals surface area contributed by atoms with Crippen molar-refractivity contribution in [3.05, 3.63) is 83.6 Å². The van der Waals surface area contributed by atoms with Crippen LogP contribution in [0.2, 0.25) is 0 Å². The molecule has 1 aromatic heterocycles. The largest absolute Gasteiger partial charge is 0.507 e. The van der Waals surface area contributed by atoms with E-state index in [9.17, 15) is 19.1 Å². The highest BCUT2D eigenvalue weighted by molar-refractivity contribution is 6.51. The minimum absolute atomic E-state index is 0.0493. The molecular formula is C23H18FNO6. The number of methoxy groups -OCH3 is 2. The summed E-state index contributed by atoms with van der Waals surface area (Å²) in [6.45, 7) is 0. The third-order valence-electron chi connectivity index (χ3n) is 5.02. The van der Waals surface area contributed by atoms with Gasteiger partial charge in [0.2, 0.25) is 0 Å². The Morgan fingerprint density at radius 3 is 2.42 bits per heavy atom. The van der Waals surface area contributed by atoms with E-state index in [2.05, 4.69) is 0 Å². The van der Waals surface area contributed by atoms with E-state index in [1.807, 2.05) is 0 Å². The molecule has 0 spiro atoms. The zero-order valence-electron chi connectivity index (χ0n) is 16.7. The third-order valence-corrected chi connectivity index (χ3v) is 5.02. The molecule has 31 heavy (non-hydrogen) atoms. The van der Waals surface area contributed by atoms with E-state index in [0.29, 0.717) is 11.4 Å². The van der Waals surface area contributed by atoms with Crippen molar-refractivity contribution >= 4 is 23.1 Å². The van der Waals surface area contributed by atoms with Crippen molar-refractivity contribution in [2.75, 3.05) is 19.1 Å². The van der Waals surface area contributed by atoms with Crippen molar-refractivity contribution in [3.8, 4) is 11.5 Å². The predicted octanol–water partition coefficient (Wildman–Crippen LogP) is 4.06. The van der Waals surface area contributed by atoms with Crippen LogP contribution in [-0.2, 0) is 9.59 Å². The average Bonchev–Trinajstić information content (AvgIpc) is 3.40. The number of aliphatic hydroxyl groups excluding tert-OH is 1. The van der Waals surface area contributed by atoms with Gasteiger partial charge in [-0.1, -0.05) is 0 Å². The van der Waals surface area contributed by atoms with Crippen LogP contribution in [0.4, 0.5) is 10.1 Å². The van der Waals surface area contributed by atoms with Gasteiger partial charge in [-0.25, -0.2) is 4.39 Å². The van der Waals surface area contributed by atoms with E-state index in [4.69, 9.17) is 13.9 Å². The summed E-state index contributed by atoms with van der Waals surface area (Å²) in [5.41, 5.74) is 0.112. The Morgan fingerprint density at radius 2 is 1.81 bits per heavy atom. The number of nitrogens with zero attached hydrogens (tertiary/aromatic N) is 1. The highest BCUT2D eigenvalue weighted by Gasteiger charge is 2.48. The van der Waals surface area contributed by atoms with Crippen LogP contribution in [0.5, 0.6) is 11.5 Å². The highest BCUT2D eigenvalue weighted by atomic mass is 19.1. The van der Waals surface area contributed by atoms with Gasteiger partial charge in [-0.3, -0.25) is 14.5 Å². The molecule has 1 unspecified atom stereocenters. The minimum Gasteiger partial charge on any atom is -0.507 e. The summed E-state index contributed by atoms with van der Waals surface area (Å²) < 4.78 is 29.7. The van der Waals surface area contributed by atoms with Crippen molar-refractivity contribution in [1.82, 2.24) is 0 Å². The molecule has 3 aromatic rings. The lowest BCUT2D eigenvalue weighted by Crippen LogP contribution is -2.29. The summed E-state index contributed by atoms with van der Waals surface area (Å²) in [6.07, 6.45) is 1.40. The first-order valence-electron chi connectivity index (χ1n) is 9.28. The smallest absolute Gasteiger partial charge is 0.300 e. The topological polar surface area (TPSA) is 89.2 Å². The summed E-state index contributed by atoms with van der Waals surface area (Å²) in [7, 11) is 2.86. The molecule has 1 aliphatic heterocycles. The number of anilines is 1. The maximum atomic E-state index is 13.9. The van der Waals surface area contributed by atoms with Crippen LogP contribution in [0.25, 0.3) is 5.76 Å². The number of halogens is 1. The number of Topliss-reactive ketones (excluding diaryl/α,β-unsaturated/α-hetero) is 1. The molecule has 0 radical (unpaired) electrons. The van der Waals surface area contributed by atoms with Crippen molar-refractivity contribution in [2.24, 2.45) is 0 Å². The molecule has 2 aromatic carbocycles. The number of ketones is 1. The minimum atomic E-state index is -1.06. The maximum Gasteiger partial charge on any atom is 0.300 e. The number of benzene rings is 2. The fraction of sp³-hybridized carbons (Fsp3) is 0.130. The van der Waals surface area contributed by atoms with Crippen LogP contribution in [0.1, 0.15) is 17.4 Å². The SMILES string of the molecule is COc1ccc(N2C(=O)C(=O)/C(=C(\O)c3cc(F)ccc3OC)C2c2ccco2)cc1. The molecule has 1 aliphatic rings. The van der Waals surface area contributed by atoms with Gasteiger partial charge in [0.1, 0.15) is 34.9 Å². The summed E-state index contributed by atoms with van der Waals surface area (Å²) in [5, 5.41) is 11.0. The highest BCUT2D eigenvalue weighted by Crippen LogP contribution is 2.43. The van der Waals surface area contributed by atoms with Crippen molar-refractivity contribution in [2.45, 2.75) is 6.04 Å². The molecule has 0 aliphatic carbocycles. The van der Waals surface area contributed by atoms with Gasteiger partial charge in [-0.2, -0.15) is 0 Å². The predicted molar refractivity (Wildman–Crippen MR) is 109 cm³/mol. The van der Waals surface area contributed by atoms with Crippen LogP contribution in [0.15, 0.2) is 70.9 Å². The second kappa shape index (κ2) is 7.98. The molecule has 2 heterocycles. The molecule has 0 bridgehead atoms. The Hall–Kier alpha value is -4.07. The Bertz CT molecular complexity index is 1170. The first kappa shape index (κ1) is 20.2. The first-order valence-corrected chi connectivity index (χ1v) is 9.28. The molecule has 1 N–H and O–H groups in total. The van der Waals surface area contributed by atoms with Crippen LogP contribution in [0, 0.1) is 5.82 Å². The first-order chi connectivity index (χ1) is 15.0. The number of furan rings is 1. The molecule has 1 atom stereocenters. The lowest BCUT2D eigenvalue weighted by atomic mass is 9.98. The van der Waals surface area contributed by atoms with Crippen molar-refractivity contribution < 1.29 is 33.0 Å². The zero-order chi connectivity index (χ0) is 22.1. The van der Waals surface area contributed by atoms with Gasteiger partial charge in [0, 0.05) is 5.69 Å². The average molecular weight is 423 g/mol. The van der Waals surface area contributed by atoms with Gasteiger partial charge in [0.25, 0.3) is 11.7 Å². The van der Waals surface area contributed by atoms with E-state index in [-0.39, 0.29) is 22.6 Å². The van der Waals surface area contributed by atoms with Gasteiger partial charge < -0.3 is 19.0 Å². The summed E-state index contributed by atoms with van der Waals surface area (Å²) >= 11 is 0. The fourth-order valence-corrected chi connectivity index (χ4v) is 3.57. The second-order valence-electron chi connectivity index (χ2n) is 6.73. The molecule has 158 valence electrons. The van der Waals surface area contributed by atoms with Gasteiger partial charge in [-0.05, 0) is 54.6 Å². The van der Waals surface area contributed by atoms with E-state index in [0.717, 1.165) is 12.1 Å². The Morgan fingerprint density at radius 1 is 1.06 bits per heavy atom. The molecule has 7 nitrogen and oxygen atoms in total. The van der Waals surface area contributed by atoms with E-state index in [1.165, 1.54) is 31.4 Å². The number of hydrogen-bond donors (Lipinski definition) is 1. The number of ether oxygens (including phenoxy) is 2. The van der Waals surface area contributed by atoms with Gasteiger partial charge in [0.15, 0.2) is 0 Å². The van der Waals surface area contributed by atoms with Crippen LogP contribution >= 0.6 is 0 Å². The normalized spacial score (nSPS) is 17.8. The molecule has 4 rings (SSSR count). The number of hydrogen-bond acceptors (Lipinski definition) is 6. The molecule has 1 saturated heterocycles. The Labute approximate surface area is 176 Å². The maximum absolute atomic E-state index is 13.9. The van der Waals surface area contributed by atoms with Crippen molar-refractivity contribution in [1.29, 1.82) is 0 Å². The summed E-state index contributed by atoms with van der Waals surface area (Å²) in [6, 6.07) is 12.2. The standard InChI is InChI=1S/C23H18FNO6/c1-29-15-8-6-14(7-9-15)25-20(18-4-3-11-31-18)19(22(27)23(25)28)21(26)16-12-13(24)5-10-17(16)30-2/h3-12,20,26H,1-2H3/b21-19-. The second-order valence-corrected chi connectivity index (χ2v) is 6.73. The van der Waals surface area contributed by atoms with E-state index < -0.39 is 29.3 Å². The number of aliphatic hydroxyl groups is 1. The summed E-state index contributed by atoms with van der Waals surface area (Å²) in [5.74, 6) is -2.02. The number of amides is 1. The van der Waals surface area contributed by atoms with Gasteiger partial charge in [0.05, 0.1) is 31.6 Å². The number of rotatable bonds is 5. The van der Waals surface area contributed by atoms with Crippen LogP contribution < -0.4 is 14.4 Å². The Kier molecular flexibility index (Phi) is 5.21. The molecule has 1 fully saturated rings. The van der Waals surface area contributed by atoms with Gasteiger partial charge in [-0.15, -0.1) is 0 Å². The zero-order valence-corrected chi connectivity index (χ0v) is 16.7. The number of carbonyl (C=O) groups excluding carboxylic acids is 2. The monoisotopic (exact) mass is 423 g/mol. The number of carbonyl (C=O) groups is 2. The lowest BCUT2D eigenvalue weighted by molar-refractivity contribution is -0.132. The lowest BCUT2D eigenvalue weighted by Gasteiger charge is -2.23. The Balaban J connectivity index is 1.93. The van der Waals surface area contributed by atoms with E-state index in [1.54, 1.807) is 36.4 Å². The fourth-order valence-electron chi connectivity index (χ4n) is 3.57. The quantitative estimate of drug-likeness (QED) is 0.378. The van der Waals surface area contributed by atoms with Gasteiger partial charge >= 0.3 is 0 Å². The molecule has 8 heteroatoms. The summed E-state index contributed by atoms with van der Waals surface area (Å²) in [4.78, 5) is 27.2. The third kappa shape index (κ3) is 3.42. The molecule has 1 amide bonds. The molecule has 0 saturated carbocycles. The van der Waals surface area contributed by atoms with E-state index >= 15 is 0 Å².